The smallest absolute Gasteiger partial charge is 0.256 e. The fraction of sp³-hybridized carbons (Fsp3) is 0.308. The predicted molar refractivity (Wildman–Crippen MR) is 131 cm³/mol. The minimum absolute atomic E-state index is 0. The van der Waals surface area contributed by atoms with Crippen molar-refractivity contribution in [3.63, 3.8) is 0 Å². The van der Waals surface area contributed by atoms with Gasteiger partial charge in [-0.1, -0.05) is 29.8 Å². The molecule has 0 radical (unpaired) electrons. The van der Waals surface area contributed by atoms with Gasteiger partial charge in [0.1, 0.15) is 11.5 Å². The standard InChI is InChI=1S/C26H26N4O.ClH/c1-17-3-5-18(6-4-17)20-11-14-30(24(31)15-20)23-8-7-21-22-16-29-12-9-19(10-13-29)25(22)28(2)26(21)27-23;/h3-8,11,14-15,19H,9-10,12-13,16H2,1-2H3;1H. The molecule has 1 aromatic carbocycles. The number of hydrogen-bond donors (Lipinski definition) is 0. The second-order valence-corrected chi connectivity index (χ2v) is 9.00. The molecule has 164 valence electrons. The van der Waals surface area contributed by atoms with E-state index < -0.39 is 0 Å². The number of piperidine rings is 1. The highest BCUT2D eigenvalue weighted by atomic mass is 35.5. The summed E-state index contributed by atoms with van der Waals surface area (Å²) in [5, 5.41) is 1.23. The zero-order chi connectivity index (χ0) is 21.1. The van der Waals surface area contributed by atoms with Gasteiger partial charge in [-0.2, -0.15) is 0 Å². The average molecular weight is 447 g/mol. The number of fused-ring (bicyclic) bond motifs is 3. The third-order valence-corrected chi connectivity index (χ3v) is 7.08. The average Bonchev–Trinajstić information content (AvgIpc) is 2.93. The number of nitrogens with zero attached hydrogens (tertiary/aromatic N) is 4. The van der Waals surface area contributed by atoms with Gasteiger partial charge in [0.05, 0.1) is 0 Å². The first-order valence-electron chi connectivity index (χ1n) is 11.1. The Kier molecular flexibility index (Phi) is 5.19. The van der Waals surface area contributed by atoms with Gasteiger partial charge >= 0.3 is 0 Å². The molecule has 3 aromatic heterocycles. The highest BCUT2D eigenvalue weighted by Gasteiger charge is 2.32. The molecule has 0 saturated carbocycles. The van der Waals surface area contributed by atoms with Gasteiger partial charge in [-0.15, -0.1) is 12.4 Å². The summed E-state index contributed by atoms with van der Waals surface area (Å²) >= 11 is 0. The van der Waals surface area contributed by atoms with Crippen molar-refractivity contribution in [3.05, 3.63) is 81.9 Å². The van der Waals surface area contributed by atoms with E-state index in [0.717, 1.165) is 23.3 Å². The third-order valence-electron chi connectivity index (χ3n) is 7.08. The molecule has 5 nitrogen and oxygen atoms in total. The van der Waals surface area contributed by atoms with Crippen molar-refractivity contribution in [1.29, 1.82) is 0 Å². The molecule has 1 saturated heterocycles. The van der Waals surface area contributed by atoms with Crippen molar-refractivity contribution in [2.75, 3.05) is 13.1 Å². The first-order valence-corrected chi connectivity index (χ1v) is 11.1. The van der Waals surface area contributed by atoms with E-state index >= 15 is 0 Å². The number of benzene rings is 1. The lowest BCUT2D eigenvalue weighted by molar-refractivity contribution is 0.220. The van der Waals surface area contributed by atoms with Crippen LogP contribution in [0.2, 0.25) is 0 Å². The minimum Gasteiger partial charge on any atom is -0.332 e. The van der Waals surface area contributed by atoms with E-state index in [9.17, 15) is 4.79 Å². The third kappa shape index (κ3) is 3.28. The molecule has 32 heavy (non-hydrogen) atoms. The molecule has 1 fully saturated rings. The van der Waals surface area contributed by atoms with E-state index in [1.165, 1.54) is 48.1 Å². The molecule has 6 heterocycles. The summed E-state index contributed by atoms with van der Waals surface area (Å²) < 4.78 is 3.92. The van der Waals surface area contributed by atoms with Crippen molar-refractivity contribution >= 4 is 23.4 Å². The molecule has 2 bridgehead atoms. The van der Waals surface area contributed by atoms with Crippen LogP contribution in [0.25, 0.3) is 28.0 Å². The molecule has 0 spiro atoms. The van der Waals surface area contributed by atoms with E-state index in [1.807, 2.05) is 18.3 Å². The molecule has 0 atom stereocenters. The Bertz CT molecular complexity index is 1360. The van der Waals surface area contributed by atoms with Gasteiger partial charge < -0.3 is 4.57 Å². The Balaban J connectivity index is 0.00000216. The molecule has 7 rings (SSSR count). The van der Waals surface area contributed by atoms with Crippen LogP contribution >= 0.6 is 12.4 Å². The van der Waals surface area contributed by atoms with Crippen LogP contribution in [0.4, 0.5) is 0 Å². The van der Waals surface area contributed by atoms with Gasteiger partial charge in [0, 0.05) is 42.9 Å². The fourth-order valence-corrected chi connectivity index (χ4v) is 5.39. The van der Waals surface area contributed by atoms with Gasteiger partial charge in [0.2, 0.25) is 0 Å². The number of aryl methyl sites for hydroxylation is 2. The number of aromatic nitrogens is 3. The number of pyridine rings is 2. The maximum absolute atomic E-state index is 13.0. The highest BCUT2D eigenvalue weighted by Crippen LogP contribution is 2.40. The lowest BCUT2D eigenvalue weighted by atomic mass is 9.94. The second-order valence-electron chi connectivity index (χ2n) is 9.00. The van der Waals surface area contributed by atoms with E-state index in [-0.39, 0.29) is 18.0 Å². The van der Waals surface area contributed by atoms with Gasteiger partial charge in [0.15, 0.2) is 0 Å². The monoisotopic (exact) mass is 446 g/mol. The number of halogens is 1. The molecule has 0 amide bonds. The predicted octanol–water partition coefficient (Wildman–Crippen LogP) is 4.81. The van der Waals surface area contributed by atoms with Crippen LogP contribution in [0, 0.1) is 6.92 Å². The second kappa shape index (κ2) is 7.91. The summed E-state index contributed by atoms with van der Waals surface area (Å²) in [6.45, 7) is 5.45. The summed E-state index contributed by atoms with van der Waals surface area (Å²) in [5.74, 6) is 1.29. The van der Waals surface area contributed by atoms with Crippen molar-refractivity contribution < 1.29 is 0 Å². The molecule has 0 aliphatic carbocycles. The first kappa shape index (κ1) is 21.0. The summed E-state index contributed by atoms with van der Waals surface area (Å²) in [4.78, 5) is 20.5. The van der Waals surface area contributed by atoms with Crippen LogP contribution < -0.4 is 5.56 Å². The molecule has 3 aliphatic heterocycles. The topological polar surface area (TPSA) is 43.1 Å². The minimum atomic E-state index is -0.0640. The van der Waals surface area contributed by atoms with Crippen molar-refractivity contribution in [3.8, 4) is 16.9 Å². The van der Waals surface area contributed by atoms with Crippen LogP contribution in [-0.2, 0) is 13.6 Å². The number of rotatable bonds is 2. The summed E-state index contributed by atoms with van der Waals surface area (Å²) in [6.07, 6.45) is 4.29. The van der Waals surface area contributed by atoms with Gasteiger partial charge in [-0.3, -0.25) is 14.3 Å². The van der Waals surface area contributed by atoms with Crippen LogP contribution in [-0.4, -0.2) is 32.1 Å². The quantitative estimate of drug-likeness (QED) is 0.443. The van der Waals surface area contributed by atoms with E-state index in [4.69, 9.17) is 4.98 Å². The van der Waals surface area contributed by atoms with Crippen molar-refractivity contribution in [2.45, 2.75) is 32.2 Å². The van der Waals surface area contributed by atoms with E-state index in [0.29, 0.717) is 11.7 Å². The lowest BCUT2D eigenvalue weighted by Crippen LogP contribution is -2.29. The van der Waals surface area contributed by atoms with Gasteiger partial charge in [-0.25, -0.2) is 4.98 Å². The Labute approximate surface area is 193 Å². The molecular weight excluding hydrogens is 420 g/mol. The Hall–Kier alpha value is -2.89. The molecule has 0 N–H and O–H groups in total. The molecule has 4 aromatic rings. The lowest BCUT2D eigenvalue weighted by Gasteiger charge is -2.27. The summed E-state index contributed by atoms with van der Waals surface area (Å²) in [5.41, 5.74) is 6.98. The summed E-state index contributed by atoms with van der Waals surface area (Å²) in [6, 6.07) is 16.1. The van der Waals surface area contributed by atoms with Crippen molar-refractivity contribution in [2.24, 2.45) is 7.05 Å². The largest absolute Gasteiger partial charge is 0.332 e. The Morgan fingerprint density at radius 2 is 1.72 bits per heavy atom. The Morgan fingerprint density at radius 3 is 2.44 bits per heavy atom. The molecule has 0 unspecified atom stereocenters. The summed E-state index contributed by atoms with van der Waals surface area (Å²) in [7, 11) is 2.13. The van der Waals surface area contributed by atoms with Crippen LogP contribution in [0.1, 0.15) is 35.6 Å². The highest BCUT2D eigenvalue weighted by molar-refractivity contribution is 5.85. The van der Waals surface area contributed by atoms with Gasteiger partial charge in [-0.05, 0) is 67.7 Å². The van der Waals surface area contributed by atoms with E-state index in [1.54, 1.807) is 10.6 Å². The SMILES string of the molecule is Cc1ccc(-c2ccn(-c3ccc4c5c(n(C)c4n3)C3CCN(CC3)C5)c(=O)c2)cc1.Cl. The Morgan fingerprint density at radius 1 is 0.969 bits per heavy atom. The maximum atomic E-state index is 13.0. The van der Waals surface area contributed by atoms with Crippen LogP contribution in [0.15, 0.2) is 59.5 Å². The molecule has 3 aliphatic rings. The van der Waals surface area contributed by atoms with Gasteiger partial charge in [0.25, 0.3) is 5.56 Å². The van der Waals surface area contributed by atoms with Crippen LogP contribution in [0.5, 0.6) is 0 Å². The van der Waals surface area contributed by atoms with E-state index in [2.05, 4.69) is 53.8 Å². The molecule has 6 heteroatoms. The zero-order valence-corrected chi connectivity index (χ0v) is 19.2. The normalized spacial score (nSPS) is 19.4. The van der Waals surface area contributed by atoms with Crippen molar-refractivity contribution in [1.82, 2.24) is 19.0 Å². The first-order chi connectivity index (χ1) is 15.1. The van der Waals surface area contributed by atoms with Crippen LogP contribution in [0.3, 0.4) is 0 Å². The zero-order valence-electron chi connectivity index (χ0n) is 18.4. The molecular formula is C26H27ClN4O. The maximum Gasteiger partial charge on any atom is 0.256 e. The number of hydrogen-bond acceptors (Lipinski definition) is 3. The fourth-order valence-electron chi connectivity index (χ4n) is 5.39.